The average molecular weight is 343 g/mol. The van der Waals surface area contributed by atoms with Gasteiger partial charge in [0.25, 0.3) is 0 Å². The maximum Gasteiger partial charge on any atom is 0.249 e. The Labute approximate surface area is 150 Å². The minimum Gasteiger partial charge on any atom is -0.359 e. The van der Waals surface area contributed by atoms with Crippen molar-refractivity contribution in [3.8, 4) is 0 Å². The maximum atomic E-state index is 12.1. The number of hydrogen-bond donors (Lipinski definition) is 2. The summed E-state index contributed by atoms with van der Waals surface area (Å²) in [4.78, 5) is 25.7. The number of carbonyl (C=O) groups excluding carboxylic acids is 2. The quantitative estimate of drug-likeness (QED) is 0.809. The number of benzene rings is 1. The van der Waals surface area contributed by atoms with Gasteiger partial charge in [-0.15, -0.1) is 0 Å². The lowest BCUT2D eigenvalue weighted by Crippen LogP contribution is -2.52. The minimum atomic E-state index is -0.196. The lowest BCUT2D eigenvalue weighted by atomic mass is 9.89. The summed E-state index contributed by atoms with van der Waals surface area (Å²) in [5, 5.41) is 5.89. The summed E-state index contributed by atoms with van der Waals surface area (Å²) in [6.45, 7) is 7.07. The first-order chi connectivity index (χ1) is 12.2. The highest BCUT2D eigenvalue weighted by atomic mass is 16.2. The zero-order valence-corrected chi connectivity index (χ0v) is 15.3. The highest BCUT2D eigenvalue weighted by molar-refractivity contribution is 6.01. The Kier molecular flexibility index (Phi) is 5.74. The molecule has 2 saturated heterocycles. The van der Waals surface area contributed by atoms with Crippen LogP contribution in [0, 0.1) is 0 Å². The molecule has 25 heavy (non-hydrogen) atoms. The van der Waals surface area contributed by atoms with Gasteiger partial charge < -0.3 is 10.2 Å². The van der Waals surface area contributed by atoms with Crippen molar-refractivity contribution < 1.29 is 9.59 Å². The first-order valence-corrected chi connectivity index (χ1v) is 9.66. The molecule has 2 amide bonds. The van der Waals surface area contributed by atoms with Crippen LogP contribution in [0.25, 0.3) is 0 Å². The van der Waals surface area contributed by atoms with Gasteiger partial charge in [-0.2, -0.15) is 0 Å². The van der Waals surface area contributed by atoms with Crippen molar-refractivity contribution in [1.82, 2.24) is 10.6 Å². The molecule has 1 atom stereocenters. The third kappa shape index (κ3) is 3.71. The molecule has 0 bridgehead atoms. The van der Waals surface area contributed by atoms with Crippen LogP contribution in [0.1, 0.15) is 56.6 Å². The van der Waals surface area contributed by atoms with Crippen molar-refractivity contribution in [3.63, 3.8) is 0 Å². The zero-order valence-electron chi connectivity index (χ0n) is 15.3. The van der Waals surface area contributed by atoms with Crippen LogP contribution < -0.4 is 15.5 Å². The molecule has 3 heterocycles. The van der Waals surface area contributed by atoms with E-state index >= 15 is 0 Å². The van der Waals surface area contributed by atoms with Gasteiger partial charge in [0.2, 0.25) is 11.8 Å². The SMILES string of the molecule is CC.O=C1CCC(N2CCc3cc(C4CCNCC4)ccc32)C(=O)N1. The van der Waals surface area contributed by atoms with Gasteiger partial charge in [-0.05, 0) is 61.9 Å². The van der Waals surface area contributed by atoms with E-state index in [1.165, 1.54) is 29.7 Å². The molecule has 5 nitrogen and oxygen atoms in total. The minimum absolute atomic E-state index is 0.142. The fraction of sp³-hybridized carbons (Fsp3) is 0.600. The molecular weight excluding hydrogens is 314 g/mol. The predicted octanol–water partition coefficient (Wildman–Crippen LogP) is 2.35. The molecule has 0 saturated carbocycles. The molecule has 136 valence electrons. The Bertz CT molecular complexity index is 638. The van der Waals surface area contributed by atoms with Gasteiger partial charge >= 0.3 is 0 Å². The number of nitrogens with zero attached hydrogens (tertiary/aromatic N) is 1. The fourth-order valence-corrected chi connectivity index (χ4v) is 4.16. The van der Waals surface area contributed by atoms with E-state index in [4.69, 9.17) is 0 Å². The summed E-state index contributed by atoms with van der Waals surface area (Å²) in [6.07, 6.45) is 4.46. The number of nitrogens with one attached hydrogen (secondary N) is 2. The summed E-state index contributed by atoms with van der Waals surface area (Å²) < 4.78 is 0. The lowest BCUT2D eigenvalue weighted by molar-refractivity contribution is -0.134. The first kappa shape index (κ1) is 17.9. The molecule has 1 unspecified atom stereocenters. The third-order valence-electron chi connectivity index (χ3n) is 5.43. The Hall–Kier alpha value is -1.88. The molecule has 1 aromatic carbocycles. The number of fused-ring (bicyclic) bond motifs is 1. The molecule has 2 N–H and O–H groups in total. The summed E-state index contributed by atoms with van der Waals surface area (Å²) in [7, 11) is 0. The highest BCUT2D eigenvalue weighted by Gasteiger charge is 2.35. The standard InChI is InChI=1S/C18H23N3O2.C2H6/c22-17-4-3-16(18(23)20-17)21-10-7-14-11-13(1-2-15(14)21)12-5-8-19-9-6-12;1-2/h1-2,11-12,16,19H,3-10H2,(H,20,22,23);1-2H3. The Morgan fingerprint density at radius 2 is 1.80 bits per heavy atom. The second-order valence-corrected chi connectivity index (χ2v) is 6.82. The van der Waals surface area contributed by atoms with Crippen LogP contribution in [-0.4, -0.2) is 37.5 Å². The molecule has 0 spiro atoms. The third-order valence-corrected chi connectivity index (χ3v) is 5.43. The molecule has 0 aliphatic carbocycles. The van der Waals surface area contributed by atoms with Crippen molar-refractivity contribution in [2.45, 2.75) is 57.9 Å². The number of hydrogen-bond acceptors (Lipinski definition) is 4. The second-order valence-electron chi connectivity index (χ2n) is 6.82. The van der Waals surface area contributed by atoms with Gasteiger partial charge in [-0.25, -0.2) is 0 Å². The van der Waals surface area contributed by atoms with Crippen molar-refractivity contribution in [2.75, 3.05) is 24.5 Å². The average Bonchev–Trinajstić information content (AvgIpc) is 3.07. The van der Waals surface area contributed by atoms with Gasteiger partial charge in [0.05, 0.1) is 0 Å². The number of anilines is 1. The Morgan fingerprint density at radius 3 is 2.52 bits per heavy atom. The number of piperidine rings is 2. The van der Waals surface area contributed by atoms with Gasteiger partial charge in [-0.3, -0.25) is 14.9 Å². The van der Waals surface area contributed by atoms with E-state index in [-0.39, 0.29) is 17.9 Å². The summed E-state index contributed by atoms with van der Waals surface area (Å²) in [5.74, 6) is 0.370. The number of carbonyl (C=O) groups is 2. The van der Waals surface area contributed by atoms with Crippen molar-refractivity contribution >= 4 is 17.5 Å². The van der Waals surface area contributed by atoms with Crippen LogP contribution in [0.3, 0.4) is 0 Å². The van der Waals surface area contributed by atoms with Gasteiger partial charge in [0.15, 0.2) is 0 Å². The highest BCUT2D eigenvalue weighted by Crippen LogP contribution is 2.35. The smallest absolute Gasteiger partial charge is 0.249 e. The number of imide groups is 1. The van der Waals surface area contributed by atoms with E-state index in [0.29, 0.717) is 18.8 Å². The molecule has 5 heteroatoms. The van der Waals surface area contributed by atoms with E-state index in [9.17, 15) is 9.59 Å². The van der Waals surface area contributed by atoms with Gasteiger partial charge in [-0.1, -0.05) is 26.0 Å². The van der Waals surface area contributed by atoms with E-state index in [1.807, 2.05) is 13.8 Å². The van der Waals surface area contributed by atoms with Crippen molar-refractivity contribution in [3.05, 3.63) is 29.3 Å². The van der Waals surface area contributed by atoms with Crippen LogP contribution in [0.2, 0.25) is 0 Å². The maximum absolute atomic E-state index is 12.1. The lowest BCUT2D eigenvalue weighted by Gasteiger charge is -2.32. The topological polar surface area (TPSA) is 61.4 Å². The van der Waals surface area contributed by atoms with E-state index in [1.54, 1.807) is 0 Å². The summed E-state index contributed by atoms with van der Waals surface area (Å²) in [6, 6.07) is 6.57. The molecule has 2 fully saturated rings. The zero-order chi connectivity index (χ0) is 17.8. The van der Waals surface area contributed by atoms with E-state index in [0.717, 1.165) is 26.1 Å². The van der Waals surface area contributed by atoms with Crippen LogP contribution in [-0.2, 0) is 16.0 Å². The van der Waals surface area contributed by atoms with Crippen LogP contribution in [0.4, 0.5) is 5.69 Å². The molecule has 1 aromatic rings. The predicted molar refractivity (Wildman–Crippen MR) is 99.9 cm³/mol. The van der Waals surface area contributed by atoms with Gasteiger partial charge in [0, 0.05) is 18.7 Å². The van der Waals surface area contributed by atoms with Crippen LogP contribution >= 0.6 is 0 Å². The molecule has 4 rings (SSSR count). The number of amides is 2. The molecule has 0 radical (unpaired) electrons. The normalized spacial score (nSPS) is 23.6. The summed E-state index contributed by atoms with van der Waals surface area (Å²) in [5.41, 5.74) is 3.97. The molecule has 3 aliphatic heterocycles. The van der Waals surface area contributed by atoms with Crippen molar-refractivity contribution in [1.29, 1.82) is 0 Å². The second kappa shape index (κ2) is 8.00. The monoisotopic (exact) mass is 343 g/mol. The Morgan fingerprint density at radius 1 is 1.04 bits per heavy atom. The first-order valence-electron chi connectivity index (χ1n) is 9.66. The largest absolute Gasteiger partial charge is 0.359 e. The van der Waals surface area contributed by atoms with E-state index < -0.39 is 0 Å². The van der Waals surface area contributed by atoms with Crippen LogP contribution in [0.5, 0.6) is 0 Å². The number of rotatable bonds is 2. The van der Waals surface area contributed by atoms with Crippen LogP contribution in [0.15, 0.2) is 18.2 Å². The Balaban J connectivity index is 0.000000880. The van der Waals surface area contributed by atoms with E-state index in [2.05, 4.69) is 33.7 Å². The van der Waals surface area contributed by atoms with Gasteiger partial charge in [0.1, 0.15) is 6.04 Å². The molecular formula is C20H29N3O2. The van der Waals surface area contributed by atoms with Crippen molar-refractivity contribution in [2.24, 2.45) is 0 Å². The fourth-order valence-electron chi connectivity index (χ4n) is 4.16. The summed E-state index contributed by atoms with van der Waals surface area (Å²) >= 11 is 0. The molecule has 3 aliphatic rings. The molecule has 0 aromatic heterocycles.